The summed E-state index contributed by atoms with van der Waals surface area (Å²) >= 11 is 0. The molecule has 0 spiro atoms. The van der Waals surface area contributed by atoms with Gasteiger partial charge >= 0.3 is 5.97 Å². The minimum absolute atomic E-state index is 0.0210. The fourth-order valence-electron chi connectivity index (χ4n) is 7.30. The minimum atomic E-state index is -1.30. The van der Waals surface area contributed by atoms with E-state index in [9.17, 15) is 29.1 Å². The Bertz CT molecular complexity index is 1240. The molecular weight excluding hydrogens is 545 g/mol. The number of amides is 2. The second-order valence-corrected chi connectivity index (χ2v) is 12.6. The number of fused-ring (bicyclic) bond motifs is 2. The van der Waals surface area contributed by atoms with E-state index in [-0.39, 0.29) is 70.8 Å². The molecule has 1 heterocycles. The first-order valence-corrected chi connectivity index (χ1v) is 15.0. The zero-order valence-electron chi connectivity index (χ0n) is 24.2. The average molecular weight is 586 g/mol. The van der Waals surface area contributed by atoms with Gasteiger partial charge < -0.3 is 30.0 Å². The molecule has 228 valence electrons. The van der Waals surface area contributed by atoms with Crippen molar-refractivity contribution in [1.29, 1.82) is 5.26 Å². The monoisotopic (exact) mass is 585 g/mol. The molecule has 1 aromatic carbocycles. The normalized spacial score (nSPS) is 33.8. The molecule has 1 aliphatic heterocycles. The van der Waals surface area contributed by atoms with Crippen molar-refractivity contribution >= 4 is 17.8 Å². The number of carboxylic acids is 1. The van der Waals surface area contributed by atoms with Gasteiger partial charge in [0.15, 0.2) is 6.36 Å². The van der Waals surface area contributed by atoms with Gasteiger partial charge in [0.2, 0.25) is 5.91 Å². The Kier molecular flexibility index (Phi) is 8.92. The Labute approximate surface area is 245 Å². The highest BCUT2D eigenvalue weighted by Gasteiger charge is 2.51. The highest BCUT2D eigenvalue weighted by molar-refractivity contribution is 5.98. The number of nitrogens with one attached hydrogen (secondary N) is 2. The molecule has 2 amide bonds. The van der Waals surface area contributed by atoms with Crippen LogP contribution in [0.2, 0.25) is 0 Å². The molecule has 1 saturated heterocycles. The molecule has 6 atom stereocenters. The Morgan fingerprint density at radius 3 is 2.52 bits per heavy atom. The van der Waals surface area contributed by atoms with Gasteiger partial charge in [0, 0.05) is 25.1 Å². The van der Waals surface area contributed by atoms with Crippen LogP contribution in [0, 0.1) is 40.4 Å². The summed E-state index contributed by atoms with van der Waals surface area (Å²) in [5.41, 5.74) is -0.376. The number of nitriles is 1. The number of methoxy groups -OCH3 is 1. The van der Waals surface area contributed by atoms with E-state index in [4.69, 9.17) is 14.2 Å². The summed E-state index contributed by atoms with van der Waals surface area (Å²) in [5, 5.41) is 25.4. The third-order valence-corrected chi connectivity index (χ3v) is 9.94. The summed E-state index contributed by atoms with van der Waals surface area (Å²) in [6.45, 7) is 2.46. The van der Waals surface area contributed by atoms with Crippen LogP contribution < -0.4 is 20.1 Å². The number of rotatable bonds is 9. The third kappa shape index (κ3) is 6.19. The van der Waals surface area contributed by atoms with Crippen LogP contribution in [0.3, 0.4) is 0 Å². The summed E-state index contributed by atoms with van der Waals surface area (Å²) in [6, 6.07) is 4.75. The maximum absolute atomic E-state index is 13.7. The van der Waals surface area contributed by atoms with Gasteiger partial charge in [-0.3, -0.25) is 14.4 Å². The van der Waals surface area contributed by atoms with Crippen molar-refractivity contribution < 1.29 is 38.1 Å². The van der Waals surface area contributed by atoms with Gasteiger partial charge in [-0.25, -0.2) is 4.39 Å². The molecular formula is C31H40FN3O7. The smallest absolute Gasteiger partial charge is 0.309 e. The van der Waals surface area contributed by atoms with Crippen molar-refractivity contribution in [2.45, 2.75) is 83.2 Å². The fraction of sp³-hybridized carbons (Fsp3) is 0.677. The molecule has 10 nitrogen and oxygen atoms in total. The first-order chi connectivity index (χ1) is 20.1. The van der Waals surface area contributed by atoms with Gasteiger partial charge in [0.05, 0.1) is 42.3 Å². The van der Waals surface area contributed by atoms with Gasteiger partial charge in [-0.2, -0.15) is 5.26 Å². The number of hydrogen-bond donors (Lipinski definition) is 3. The van der Waals surface area contributed by atoms with E-state index in [1.165, 1.54) is 19.2 Å². The zero-order valence-corrected chi connectivity index (χ0v) is 24.2. The molecule has 0 aromatic heterocycles. The lowest BCUT2D eigenvalue weighted by molar-refractivity contribution is -0.150. The number of alkyl halides is 1. The molecule has 3 aliphatic carbocycles. The molecule has 1 aromatic rings. The first-order valence-electron chi connectivity index (χ1n) is 15.0. The number of halogens is 1. The van der Waals surface area contributed by atoms with Crippen LogP contribution in [0.25, 0.3) is 0 Å². The number of carboxylic acid groups (broad SMARTS) is 1. The first kappa shape index (κ1) is 30.1. The van der Waals surface area contributed by atoms with E-state index < -0.39 is 23.6 Å². The van der Waals surface area contributed by atoms with Crippen LogP contribution in [0.1, 0.15) is 80.6 Å². The summed E-state index contributed by atoms with van der Waals surface area (Å²) in [4.78, 5) is 38.7. The van der Waals surface area contributed by atoms with Crippen molar-refractivity contribution in [1.82, 2.24) is 10.6 Å². The number of benzene rings is 1. The standard InChI is InChI=1S/C31H40FN3O7/c1-31(30(38)39)8-5-21(6-9-31)42-23-14-22(24(40-2)13-20(23)15-33)28(36)35-27-19-4-3-18(12-19)26(27)29(37)34-16-17-7-10-41-25(32)11-17/h13-14,17-19,21,25-27H,3-12,16H2,1-2H3,(H,34,37)(H,35,36)(H,38,39)/t17-,18+,19-,21?,25+,26-,27+,31?/m0/s1. The molecule has 3 saturated carbocycles. The largest absolute Gasteiger partial charge is 0.496 e. The Hall–Kier alpha value is -3.39. The van der Waals surface area contributed by atoms with Crippen molar-refractivity contribution in [2.24, 2.45) is 29.1 Å². The van der Waals surface area contributed by atoms with Crippen LogP contribution in [0.4, 0.5) is 4.39 Å². The molecule has 4 aliphatic rings. The van der Waals surface area contributed by atoms with E-state index in [0.717, 1.165) is 19.3 Å². The van der Waals surface area contributed by atoms with Crippen LogP contribution in [-0.2, 0) is 14.3 Å². The number of nitrogens with zero attached hydrogens (tertiary/aromatic N) is 1. The molecule has 2 bridgehead atoms. The number of carbonyl (C=O) groups is 3. The highest BCUT2D eigenvalue weighted by Crippen LogP contribution is 2.49. The molecule has 4 fully saturated rings. The second-order valence-electron chi connectivity index (χ2n) is 12.6. The van der Waals surface area contributed by atoms with Gasteiger partial charge in [0.1, 0.15) is 17.6 Å². The maximum Gasteiger partial charge on any atom is 0.309 e. The number of ether oxygens (including phenoxy) is 3. The topological polar surface area (TPSA) is 147 Å². The molecule has 3 N–H and O–H groups in total. The number of hydrogen-bond acceptors (Lipinski definition) is 7. The van der Waals surface area contributed by atoms with Gasteiger partial charge in [-0.05, 0) is 82.1 Å². The SMILES string of the molecule is COc1cc(C#N)c(OC2CCC(C)(C(=O)O)CC2)cc1C(=O)N[C@@H]1[C@H]2CC[C@H](C2)[C@@H]1C(=O)NC[C@H]1CCO[C@@H](F)C1. The molecule has 42 heavy (non-hydrogen) atoms. The predicted molar refractivity (Wildman–Crippen MR) is 148 cm³/mol. The van der Waals surface area contributed by atoms with Crippen LogP contribution in [-0.4, -0.2) is 61.7 Å². The van der Waals surface area contributed by atoms with Crippen molar-refractivity contribution in [3.8, 4) is 17.6 Å². The van der Waals surface area contributed by atoms with E-state index in [1.54, 1.807) is 6.92 Å². The summed E-state index contributed by atoms with van der Waals surface area (Å²) in [7, 11) is 1.42. The Balaban J connectivity index is 1.28. The van der Waals surface area contributed by atoms with E-state index >= 15 is 0 Å². The Morgan fingerprint density at radius 1 is 1.12 bits per heavy atom. The lowest BCUT2D eigenvalue weighted by atomic mass is 9.75. The van der Waals surface area contributed by atoms with E-state index in [1.807, 2.05) is 0 Å². The number of aliphatic carboxylic acids is 1. The maximum atomic E-state index is 13.7. The van der Waals surface area contributed by atoms with Gasteiger partial charge in [0.25, 0.3) is 5.91 Å². The third-order valence-electron chi connectivity index (χ3n) is 9.94. The highest BCUT2D eigenvalue weighted by atomic mass is 19.1. The van der Waals surface area contributed by atoms with Crippen molar-refractivity contribution in [3.63, 3.8) is 0 Å². The summed E-state index contributed by atoms with van der Waals surface area (Å²) in [6.07, 6.45) is 4.04. The summed E-state index contributed by atoms with van der Waals surface area (Å²) in [5.74, 6) is -0.884. The lowest BCUT2D eigenvalue weighted by Crippen LogP contribution is -2.50. The predicted octanol–water partition coefficient (Wildman–Crippen LogP) is 3.96. The quantitative estimate of drug-likeness (QED) is 0.395. The molecule has 0 radical (unpaired) electrons. The zero-order chi connectivity index (χ0) is 30.0. The second kappa shape index (κ2) is 12.5. The van der Waals surface area contributed by atoms with E-state index in [0.29, 0.717) is 45.3 Å². The van der Waals surface area contributed by atoms with Crippen molar-refractivity contribution in [2.75, 3.05) is 20.3 Å². The van der Waals surface area contributed by atoms with Crippen LogP contribution in [0.5, 0.6) is 11.5 Å². The van der Waals surface area contributed by atoms with E-state index in [2.05, 4.69) is 16.7 Å². The average Bonchev–Trinajstić information content (AvgIpc) is 3.59. The molecule has 11 heteroatoms. The summed E-state index contributed by atoms with van der Waals surface area (Å²) < 4.78 is 30.2. The van der Waals surface area contributed by atoms with Gasteiger partial charge in [-0.1, -0.05) is 0 Å². The Morgan fingerprint density at radius 2 is 1.86 bits per heavy atom. The lowest BCUT2D eigenvalue weighted by Gasteiger charge is -2.34. The minimum Gasteiger partial charge on any atom is -0.496 e. The number of carbonyl (C=O) groups excluding carboxylic acids is 2. The molecule has 0 unspecified atom stereocenters. The molecule has 5 rings (SSSR count). The fourth-order valence-corrected chi connectivity index (χ4v) is 7.30. The van der Waals surface area contributed by atoms with Crippen molar-refractivity contribution in [3.05, 3.63) is 23.3 Å². The van der Waals surface area contributed by atoms with Crippen LogP contribution >= 0.6 is 0 Å². The van der Waals surface area contributed by atoms with Gasteiger partial charge in [-0.15, -0.1) is 0 Å². The van der Waals surface area contributed by atoms with Crippen LogP contribution in [0.15, 0.2) is 12.1 Å².